The maximum atomic E-state index is 13.4. The van der Waals surface area contributed by atoms with Gasteiger partial charge in [0.05, 0.1) is 11.1 Å². The molecule has 1 heterocycles. The van der Waals surface area contributed by atoms with Gasteiger partial charge in [0.25, 0.3) is 15.9 Å². The van der Waals surface area contributed by atoms with E-state index in [2.05, 4.69) is 20.2 Å². The maximum Gasteiger partial charge on any atom is 0.261 e. The zero-order chi connectivity index (χ0) is 22.7. The molecule has 0 unspecified atom stereocenters. The second-order valence-corrected chi connectivity index (χ2v) is 8.42. The van der Waals surface area contributed by atoms with Crippen LogP contribution in [-0.4, -0.2) is 24.5 Å². The van der Waals surface area contributed by atoms with E-state index in [4.69, 9.17) is 0 Å². The van der Waals surface area contributed by atoms with Gasteiger partial charge in [-0.15, -0.1) is 0 Å². The number of sulfonamides is 1. The molecule has 4 aromatic rings. The largest absolute Gasteiger partial charge is 0.306 e. The third kappa shape index (κ3) is 4.49. The maximum absolute atomic E-state index is 13.4. The van der Waals surface area contributed by atoms with Gasteiger partial charge < -0.3 is 5.32 Å². The van der Waals surface area contributed by atoms with Crippen molar-refractivity contribution in [2.75, 3.05) is 10.0 Å². The lowest BCUT2D eigenvalue weighted by Crippen LogP contribution is -2.16. The van der Waals surface area contributed by atoms with E-state index in [0.717, 1.165) is 17.7 Å². The van der Waals surface area contributed by atoms with Gasteiger partial charge in [0.1, 0.15) is 5.82 Å². The van der Waals surface area contributed by atoms with E-state index in [1.165, 1.54) is 24.3 Å². The number of H-pyrrole nitrogens is 1. The topological polar surface area (TPSA) is 104 Å². The average molecular weight is 454 g/mol. The van der Waals surface area contributed by atoms with Crippen molar-refractivity contribution < 1.29 is 22.0 Å². The fraction of sp³-hybridized carbons (Fsp3) is 0. The number of carbonyl (C=O) groups excluding carboxylic acids is 1. The molecule has 0 atom stereocenters. The van der Waals surface area contributed by atoms with Crippen LogP contribution in [0.4, 0.5) is 20.3 Å². The average Bonchev–Trinajstić information content (AvgIpc) is 3.24. The second-order valence-electron chi connectivity index (χ2n) is 6.74. The molecule has 0 aliphatic carbocycles. The third-order valence-electron chi connectivity index (χ3n) is 4.54. The van der Waals surface area contributed by atoms with E-state index >= 15 is 0 Å². The Morgan fingerprint density at radius 2 is 1.69 bits per heavy atom. The number of aromatic nitrogens is 2. The molecule has 0 saturated heterocycles. The Balaban J connectivity index is 1.54. The van der Waals surface area contributed by atoms with Gasteiger partial charge in [0.15, 0.2) is 11.6 Å². The fourth-order valence-electron chi connectivity index (χ4n) is 2.99. The molecule has 0 aliphatic rings. The number of benzene rings is 3. The third-order valence-corrected chi connectivity index (χ3v) is 5.92. The van der Waals surface area contributed by atoms with Crippen LogP contribution in [0.15, 0.2) is 83.9 Å². The molecular weight excluding hydrogens is 438 g/mol. The van der Waals surface area contributed by atoms with Crippen molar-refractivity contribution in [3.8, 4) is 11.1 Å². The molecule has 0 aliphatic heterocycles. The summed E-state index contributed by atoms with van der Waals surface area (Å²) in [6.07, 6.45) is 1.58. The van der Waals surface area contributed by atoms with Crippen molar-refractivity contribution >= 4 is 27.4 Å². The molecular formula is C22H16F2N4O3S. The second kappa shape index (κ2) is 8.60. The Morgan fingerprint density at radius 1 is 0.906 bits per heavy atom. The Kier molecular flexibility index (Phi) is 5.69. The molecule has 1 amide bonds. The van der Waals surface area contributed by atoms with E-state index < -0.39 is 32.5 Å². The summed E-state index contributed by atoms with van der Waals surface area (Å²) >= 11 is 0. The molecule has 0 bridgehead atoms. The number of rotatable bonds is 6. The molecule has 1 aromatic heterocycles. The molecule has 0 radical (unpaired) electrons. The van der Waals surface area contributed by atoms with E-state index in [1.54, 1.807) is 6.20 Å². The van der Waals surface area contributed by atoms with Crippen LogP contribution in [0.2, 0.25) is 0 Å². The molecule has 3 N–H and O–H groups in total. The quantitative estimate of drug-likeness (QED) is 0.402. The van der Waals surface area contributed by atoms with Gasteiger partial charge in [-0.2, -0.15) is 5.10 Å². The van der Waals surface area contributed by atoms with E-state index in [-0.39, 0.29) is 11.3 Å². The summed E-state index contributed by atoms with van der Waals surface area (Å²) < 4.78 is 53.8. The van der Waals surface area contributed by atoms with E-state index in [9.17, 15) is 22.0 Å². The van der Waals surface area contributed by atoms with Gasteiger partial charge in [0.2, 0.25) is 0 Å². The zero-order valence-electron chi connectivity index (χ0n) is 16.3. The molecule has 162 valence electrons. The van der Waals surface area contributed by atoms with Crippen LogP contribution >= 0.6 is 0 Å². The SMILES string of the molecule is O=C(Nc1[nH]ncc1-c1ccccc1)c1cccc(NS(=O)(=O)c2ccc(F)c(F)c2)c1. The highest BCUT2D eigenvalue weighted by Gasteiger charge is 2.18. The highest BCUT2D eigenvalue weighted by atomic mass is 32.2. The molecule has 3 aromatic carbocycles. The molecule has 32 heavy (non-hydrogen) atoms. The van der Waals surface area contributed by atoms with Crippen LogP contribution in [0.5, 0.6) is 0 Å². The molecule has 0 saturated carbocycles. The van der Waals surface area contributed by atoms with Crippen molar-refractivity contribution in [2.45, 2.75) is 4.90 Å². The fourth-order valence-corrected chi connectivity index (χ4v) is 4.05. The van der Waals surface area contributed by atoms with Crippen LogP contribution in [0, 0.1) is 11.6 Å². The summed E-state index contributed by atoms with van der Waals surface area (Å²) in [6, 6.07) is 17.3. The van der Waals surface area contributed by atoms with Crippen molar-refractivity contribution in [2.24, 2.45) is 0 Å². The number of anilines is 2. The number of amides is 1. The summed E-state index contributed by atoms with van der Waals surface area (Å²) in [5.41, 5.74) is 1.79. The molecule has 10 heteroatoms. The van der Waals surface area contributed by atoms with Gasteiger partial charge in [-0.05, 0) is 42.0 Å². The smallest absolute Gasteiger partial charge is 0.261 e. The summed E-state index contributed by atoms with van der Waals surface area (Å²) in [6.45, 7) is 0. The number of hydrogen-bond acceptors (Lipinski definition) is 4. The Labute approximate surface area is 182 Å². The lowest BCUT2D eigenvalue weighted by Gasteiger charge is -2.10. The van der Waals surface area contributed by atoms with E-state index in [0.29, 0.717) is 17.4 Å². The molecule has 0 fully saturated rings. The van der Waals surface area contributed by atoms with Gasteiger partial charge >= 0.3 is 0 Å². The van der Waals surface area contributed by atoms with Gasteiger partial charge in [-0.3, -0.25) is 14.6 Å². The number of nitrogens with zero attached hydrogens (tertiary/aromatic N) is 1. The van der Waals surface area contributed by atoms with Crippen molar-refractivity contribution in [1.82, 2.24) is 10.2 Å². The van der Waals surface area contributed by atoms with Crippen molar-refractivity contribution in [1.29, 1.82) is 0 Å². The van der Waals surface area contributed by atoms with Crippen LogP contribution < -0.4 is 10.0 Å². The van der Waals surface area contributed by atoms with Crippen LogP contribution in [0.25, 0.3) is 11.1 Å². The molecule has 4 rings (SSSR count). The first kappa shape index (κ1) is 21.2. The van der Waals surface area contributed by atoms with E-state index in [1.807, 2.05) is 30.3 Å². The highest BCUT2D eigenvalue weighted by molar-refractivity contribution is 7.92. The zero-order valence-corrected chi connectivity index (χ0v) is 17.2. The number of aromatic amines is 1. The minimum Gasteiger partial charge on any atom is -0.306 e. The van der Waals surface area contributed by atoms with Crippen LogP contribution in [-0.2, 0) is 10.0 Å². The minimum absolute atomic E-state index is 0.0790. The van der Waals surface area contributed by atoms with Crippen LogP contribution in [0.1, 0.15) is 10.4 Å². The summed E-state index contributed by atoms with van der Waals surface area (Å²) in [7, 11) is -4.19. The Hall–Kier alpha value is -4.05. The normalized spacial score (nSPS) is 11.2. The van der Waals surface area contributed by atoms with Crippen molar-refractivity contribution in [3.63, 3.8) is 0 Å². The Bertz CT molecular complexity index is 1390. The summed E-state index contributed by atoms with van der Waals surface area (Å²) in [5, 5.41) is 9.41. The number of nitrogens with one attached hydrogen (secondary N) is 3. The van der Waals surface area contributed by atoms with Gasteiger partial charge in [0, 0.05) is 16.8 Å². The first-order valence-corrected chi connectivity index (χ1v) is 10.8. The lowest BCUT2D eigenvalue weighted by molar-refractivity contribution is 0.102. The lowest BCUT2D eigenvalue weighted by atomic mass is 10.1. The van der Waals surface area contributed by atoms with Gasteiger partial charge in [-0.1, -0.05) is 36.4 Å². The van der Waals surface area contributed by atoms with Crippen molar-refractivity contribution in [3.05, 3.63) is 96.2 Å². The summed E-state index contributed by atoms with van der Waals surface area (Å²) in [5.74, 6) is -2.56. The number of carbonyl (C=O) groups is 1. The number of halogens is 2. The predicted octanol–water partition coefficient (Wildman–Crippen LogP) is 4.41. The standard InChI is InChI=1S/C22H16F2N4O3S/c23-19-10-9-17(12-20(19)24)32(30,31)28-16-8-4-7-15(11-16)22(29)26-21-18(13-25-27-21)14-5-2-1-3-6-14/h1-13,28H,(H2,25,26,27,29). The number of hydrogen-bond donors (Lipinski definition) is 3. The van der Waals surface area contributed by atoms with Gasteiger partial charge in [-0.25, -0.2) is 17.2 Å². The molecule has 0 spiro atoms. The monoisotopic (exact) mass is 454 g/mol. The molecule has 7 nitrogen and oxygen atoms in total. The first-order valence-electron chi connectivity index (χ1n) is 9.31. The Morgan fingerprint density at radius 3 is 2.44 bits per heavy atom. The predicted molar refractivity (Wildman–Crippen MR) is 116 cm³/mol. The van der Waals surface area contributed by atoms with Crippen LogP contribution in [0.3, 0.4) is 0 Å². The first-order chi connectivity index (χ1) is 15.3. The minimum atomic E-state index is -4.19. The highest BCUT2D eigenvalue weighted by Crippen LogP contribution is 2.26. The summed E-state index contributed by atoms with van der Waals surface area (Å²) in [4.78, 5) is 12.3.